The minimum atomic E-state index is -4.12. The van der Waals surface area contributed by atoms with Gasteiger partial charge in [0.05, 0.1) is 26.1 Å². The predicted molar refractivity (Wildman–Crippen MR) is 142 cm³/mol. The maximum atomic E-state index is 14.2. The van der Waals surface area contributed by atoms with Crippen molar-refractivity contribution < 1.29 is 28.3 Å². The average Bonchev–Trinajstić information content (AvgIpc) is 3.50. The largest absolute Gasteiger partial charge is 0.480 e. The second-order valence-electron chi connectivity index (χ2n) is 9.16. The molecule has 3 N–H and O–H groups in total. The number of nitrogen functional groups attached to an aromatic ring is 1. The SMILES string of the molecule is COc1nc(N)nc2c1ncn2[C@H]1C=C[C@@H](COP(=O)(Oc2ccc(Cl)cc2)N(C(C)C)[C@@H](C)C(=O)O)C1. The standard InChI is InChI=1S/C24H30ClN6O6P/c1-14(2)31(15(3)23(32)33)38(34,37-19-9-6-17(25)7-10-19)36-12-16-5-8-18(11-16)30-13-27-20-21(30)28-24(26)29-22(20)35-4/h5-10,13-16,18H,11-12H2,1-4H3,(H,32,33)(H2,26,28,29)/t15-,16+,18-,38?/m0/s1. The number of carboxylic acid groups (broad SMARTS) is 1. The van der Waals surface area contributed by atoms with Crippen molar-refractivity contribution in [1.82, 2.24) is 24.2 Å². The van der Waals surface area contributed by atoms with Crippen molar-refractivity contribution >= 4 is 42.4 Å². The van der Waals surface area contributed by atoms with E-state index in [0.717, 1.165) is 0 Å². The van der Waals surface area contributed by atoms with Crippen LogP contribution in [0.2, 0.25) is 5.02 Å². The molecule has 4 rings (SSSR count). The first-order valence-electron chi connectivity index (χ1n) is 12.0. The van der Waals surface area contributed by atoms with Crippen molar-refractivity contribution in [1.29, 1.82) is 0 Å². The molecule has 2 aromatic heterocycles. The molecule has 0 bridgehead atoms. The summed E-state index contributed by atoms with van der Waals surface area (Å²) in [5.74, 6) is -0.687. The number of anilines is 1. The van der Waals surface area contributed by atoms with E-state index < -0.39 is 25.8 Å². The number of nitrogens with two attached hydrogens (primary N) is 1. The van der Waals surface area contributed by atoms with Crippen molar-refractivity contribution in [2.75, 3.05) is 19.5 Å². The molecule has 0 spiro atoms. The number of allylic oxidation sites excluding steroid dienone is 1. The fraction of sp³-hybridized carbons (Fsp3) is 0.417. The Morgan fingerprint density at radius 2 is 1.97 bits per heavy atom. The number of carboxylic acids is 1. The van der Waals surface area contributed by atoms with E-state index in [-0.39, 0.29) is 36.1 Å². The lowest BCUT2D eigenvalue weighted by Crippen LogP contribution is -2.42. The first-order chi connectivity index (χ1) is 18.0. The van der Waals surface area contributed by atoms with E-state index in [1.54, 1.807) is 44.4 Å². The molecule has 1 unspecified atom stereocenters. The number of hydrogen-bond acceptors (Lipinski definition) is 9. The zero-order valence-electron chi connectivity index (χ0n) is 21.4. The quantitative estimate of drug-likeness (QED) is 0.248. The molecule has 2 heterocycles. The number of imidazole rings is 1. The van der Waals surface area contributed by atoms with Gasteiger partial charge in [-0.15, -0.1) is 0 Å². The lowest BCUT2D eigenvalue weighted by atomic mass is 10.1. The summed E-state index contributed by atoms with van der Waals surface area (Å²) < 4.78 is 34.4. The maximum absolute atomic E-state index is 14.2. The third-order valence-electron chi connectivity index (χ3n) is 6.16. The van der Waals surface area contributed by atoms with Crippen LogP contribution in [0.3, 0.4) is 0 Å². The molecular formula is C24H30ClN6O6P. The van der Waals surface area contributed by atoms with Crippen LogP contribution >= 0.6 is 19.3 Å². The van der Waals surface area contributed by atoms with Crippen molar-refractivity contribution in [3.63, 3.8) is 0 Å². The van der Waals surface area contributed by atoms with E-state index in [0.29, 0.717) is 22.6 Å². The molecule has 12 nitrogen and oxygen atoms in total. The van der Waals surface area contributed by atoms with E-state index in [1.807, 2.05) is 16.7 Å². The minimum Gasteiger partial charge on any atom is -0.480 e. The van der Waals surface area contributed by atoms with E-state index in [2.05, 4.69) is 15.0 Å². The van der Waals surface area contributed by atoms with Crippen LogP contribution in [0.15, 0.2) is 42.7 Å². The Labute approximate surface area is 225 Å². The smallest absolute Gasteiger partial charge is 0.462 e. The zero-order chi connectivity index (χ0) is 27.6. The lowest BCUT2D eigenvalue weighted by molar-refractivity contribution is -0.141. The Morgan fingerprint density at radius 3 is 2.61 bits per heavy atom. The second kappa shape index (κ2) is 11.3. The molecule has 0 saturated heterocycles. The molecule has 1 aliphatic rings. The molecule has 4 atom stereocenters. The van der Waals surface area contributed by atoms with E-state index in [9.17, 15) is 14.5 Å². The van der Waals surface area contributed by atoms with Gasteiger partial charge in [0.15, 0.2) is 11.2 Å². The molecular weight excluding hydrogens is 535 g/mol. The van der Waals surface area contributed by atoms with Gasteiger partial charge in [-0.3, -0.25) is 9.32 Å². The molecule has 14 heteroatoms. The Kier molecular flexibility index (Phi) is 8.27. The van der Waals surface area contributed by atoms with Crippen molar-refractivity contribution in [2.45, 2.75) is 45.3 Å². The summed E-state index contributed by atoms with van der Waals surface area (Å²) >= 11 is 5.97. The molecule has 0 amide bonds. The van der Waals surface area contributed by atoms with E-state index in [4.69, 9.17) is 31.1 Å². The fourth-order valence-electron chi connectivity index (χ4n) is 4.39. The highest BCUT2D eigenvalue weighted by Gasteiger charge is 2.44. The minimum absolute atomic E-state index is 0.0283. The summed E-state index contributed by atoms with van der Waals surface area (Å²) in [5.41, 5.74) is 6.86. The highest BCUT2D eigenvalue weighted by atomic mass is 35.5. The van der Waals surface area contributed by atoms with Gasteiger partial charge < -0.3 is 24.7 Å². The number of hydrogen-bond donors (Lipinski definition) is 2. The van der Waals surface area contributed by atoms with Gasteiger partial charge in [-0.2, -0.15) is 14.6 Å². The van der Waals surface area contributed by atoms with Crippen molar-refractivity contribution in [2.24, 2.45) is 5.92 Å². The molecule has 0 fully saturated rings. The average molecular weight is 565 g/mol. The molecule has 3 aromatic rings. The van der Waals surface area contributed by atoms with Crippen LogP contribution in [0.4, 0.5) is 5.95 Å². The summed E-state index contributed by atoms with van der Waals surface area (Å²) in [6, 6.07) is 4.59. The maximum Gasteiger partial charge on any atom is 0.462 e. The molecule has 1 aliphatic carbocycles. The Bertz CT molecular complexity index is 1380. The van der Waals surface area contributed by atoms with Crippen LogP contribution in [0.25, 0.3) is 11.2 Å². The van der Waals surface area contributed by atoms with Crippen LogP contribution in [0.1, 0.15) is 33.2 Å². The lowest BCUT2D eigenvalue weighted by Gasteiger charge is -2.35. The number of aromatic nitrogens is 4. The summed E-state index contributed by atoms with van der Waals surface area (Å²) in [6.07, 6.45) is 6.16. The second-order valence-corrected chi connectivity index (χ2v) is 11.4. The van der Waals surface area contributed by atoms with Gasteiger partial charge in [0, 0.05) is 17.0 Å². The highest BCUT2D eigenvalue weighted by molar-refractivity contribution is 7.51. The molecule has 1 aromatic carbocycles. The number of nitrogens with zero attached hydrogens (tertiary/aromatic N) is 5. The van der Waals surface area contributed by atoms with Gasteiger partial charge in [-0.25, -0.2) is 9.55 Å². The van der Waals surface area contributed by atoms with Gasteiger partial charge in [0.25, 0.3) is 0 Å². The predicted octanol–water partition coefficient (Wildman–Crippen LogP) is 4.57. The van der Waals surface area contributed by atoms with E-state index >= 15 is 0 Å². The first kappa shape index (κ1) is 27.8. The third-order valence-corrected chi connectivity index (χ3v) is 8.70. The number of aliphatic carboxylic acids is 1. The molecule has 0 saturated carbocycles. The van der Waals surface area contributed by atoms with E-state index in [1.165, 1.54) is 18.7 Å². The summed E-state index contributed by atoms with van der Waals surface area (Å²) in [7, 11) is -2.63. The summed E-state index contributed by atoms with van der Waals surface area (Å²) in [6.45, 7) is 4.94. The van der Waals surface area contributed by atoms with Crippen LogP contribution in [-0.2, 0) is 13.9 Å². The number of rotatable bonds is 11. The van der Waals surface area contributed by atoms with Crippen molar-refractivity contribution in [3.8, 4) is 11.6 Å². The van der Waals surface area contributed by atoms with Gasteiger partial charge in [-0.05, 0) is 51.5 Å². The Morgan fingerprint density at radius 1 is 1.26 bits per heavy atom. The number of benzene rings is 1. The Balaban J connectivity index is 1.55. The number of carbonyl (C=O) groups is 1. The Hall–Kier alpha value is -3.18. The third kappa shape index (κ3) is 5.78. The highest BCUT2D eigenvalue weighted by Crippen LogP contribution is 2.55. The topological polar surface area (TPSA) is 155 Å². The molecule has 38 heavy (non-hydrogen) atoms. The van der Waals surface area contributed by atoms with Gasteiger partial charge in [-0.1, -0.05) is 23.8 Å². The number of halogens is 1. The zero-order valence-corrected chi connectivity index (χ0v) is 23.0. The van der Waals surface area contributed by atoms with Crippen LogP contribution in [0.5, 0.6) is 11.6 Å². The number of fused-ring (bicyclic) bond motifs is 1. The number of methoxy groups -OCH3 is 1. The fourth-order valence-corrected chi connectivity index (χ4v) is 6.65. The summed E-state index contributed by atoms with van der Waals surface area (Å²) in [5, 5.41) is 10.2. The van der Waals surface area contributed by atoms with Gasteiger partial charge in [0.2, 0.25) is 11.8 Å². The van der Waals surface area contributed by atoms with Gasteiger partial charge >= 0.3 is 13.7 Å². The normalized spacial score (nSPS) is 19.7. The monoisotopic (exact) mass is 564 g/mol. The molecule has 0 radical (unpaired) electrons. The molecule has 0 aliphatic heterocycles. The van der Waals surface area contributed by atoms with Gasteiger partial charge in [0.1, 0.15) is 11.8 Å². The van der Waals surface area contributed by atoms with Crippen molar-refractivity contribution in [3.05, 3.63) is 47.8 Å². The number of ether oxygens (including phenoxy) is 1. The first-order valence-corrected chi connectivity index (χ1v) is 13.8. The van der Waals surface area contributed by atoms with Crippen LogP contribution < -0.4 is 15.0 Å². The molecule has 204 valence electrons. The summed E-state index contributed by atoms with van der Waals surface area (Å²) in [4.78, 5) is 24.6. The van der Waals surface area contributed by atoms with Crippen LogP contribution in [-0.4, -0.2) is 61.1 Å². The van der Waals surface area contributed by atoms with Crippen LogP contribution in [0, 0.1) is 5.92 Å².